The second kappa shape index (κ2) is 16.4. The highest BCUT2D eigenvalue weighted by atomic mass is 16.6. The van der Waals surface area contributed by atoms with Crippen molar-refractivity contribution in [2.75, 3.05) is 26.4 Å². The minimum Gasteiger partial charge on any atom is -0.486 e. The van der Waals surface area contributed by atoms with E-state index in [-0.39, 0.29) is 26.4 Å². The summed E-state index contributed by atoms with van der Waals surface area (Å²) in [5.41, 5.74) is 3.45. The molecule has 0 bridgehead atoms. The Hall–Kier alpha value is -4.33. The van der Waals surface area contributed by atoms with Crippen LogP contribution in [0.15, 0.2) is 78.9 Å². The molecule has 0 spiro atoms. The van der Waals surface area contributed by atoms with Gasteiger partial charge in [0.25, 0.3) is 6.47 Å². The molecule has 0 unspecified atom stereocenters. The molecule has 0 heterocycles. The fraction of sp³-hybridized carbons (Fsp3) is 0.276. The first-order chi connectivity index (χ1) is 17.5. The van der Waals surface area contributed by atoms with Gasteiger partial charge in [0, 0.05) is 11.1 Å². The number of ether oxygens (including phenoxy) is 5. The van der Waals surface area contributed by atoms with E-state index in [0.29, 0.717) is 34.9 Å². The zero-order valence-corrected chi connectivity index (χ0v) is 21.8. The van der Waals surface area contributed by atoms with Crippen molar-refractivity contribution < 1.29 is 38.1 Å². The molecule has 0 aliphatic carbocycles. The summed E-state index contributed by atoms with van der Waals surface area (Å²) >= 11 is 0. The fourth-order valence-electron chi connectivity index (χ4n) is 2.52. The van der Waals surface area contributed by atoms with Crippen LogP contribution in [0.5, 0.6) is 17.2 Å². The highest BCUT2D eigenvalue weighted by Gasteiger charge is 2.11. The third kappa shape index (κ3) is 12.3. The Morgan fingerprint density at radius 2 is 1.16 bits per heavy atom. The standard InChI is InChI=1S/C25H26O8.C4H8/c1-17(2)24(27)31-13-11-29-22-10-7-20(19-5-8-21(9-6-19)33-16-26)15-23(22)30-12-14-32-25(28)18(3)4;1-4(2)3/h5-10,15-16H,1,3,11-14H2,2,4H3;1H2,2-3H3. The quantitative estimate of drug-likeness (QED) is 0.115. The summed E-state index contributed by atoms with van der Waals surface area (Å²) in [5.74, 6) is 0.275. The topological polar surface area (TPSA) is 97.4 Å². The maximum Gasteiger partial charge on any atom is 0.333 e. The maximum atomic E-state index is 11.5. The molecule has 0 aromatic heterocycles. The van der Waals surface area contributed by atoms with Crippen LogP contribution in [0.4, 0.5) is 0 Å². The second-order valence-corrected chi connectivity index (χ2v) is 8.14. The van der Waals surface area contributed by atoms with E-state index in [2.05, 4.69) is 19.7 Å². The molecular formula is C29H34O8. The number of hydrogen-bond acceptors (Lipinski definition) is 8. The van der Waals surface area contributed by atoms with Gasteiger partial charge < -0.3 is 23.7 Å². The van der Waals surface area contributed by atoms with Gasteiger partial charge in [0.15, 0.2) is 11.5 Å². The number of esters is 2. The lowest BCUT2D eigenvalue weighted by molar-refractivity contribution is -0.140. The van der Waals surface area contributed by atoms with Crippen LogP contribution in [0.1, 0.15) is 27.7 Å². The molecule has 0 N–H and O–H groups in total. The lowest BCUT2D eigenvalue weighted by Gasteiger charge is -2.15. The molecule has 0 atom stereocenters. The lowest BCUT2D eigenvalue weighted by Crippen LogP contribution is -2.14. The summed E-state index contributed by atoms with van der Waals surface area (Å²) < 4.78 is 26.4. The fourth-order valence-corrected chi connectivity index (χ4v) is 2.52. The minimum absolute atomic E-state index is 0.0311. The predicted octanol–water partition coefficient (Wildman–Crippen LogP) is 5.47. The van der Waals surface area contributed by atoms with Gasteiger partial charge >= 0.3 is 11.9 Å². The smallest absolute Gasteiger partial charge is 0.333 e. The van der Waals surface area contributed by atoms with Gasteiger partial charge in [-0.15, -0.1) is 6.58 Å². The van der Waals surface area contributed by atoms with Crippen molar-refractivity contribution in [3.05, 3.63) is 78.9 Å². The van der Waals surface area contributed by atoms with Crippen LogP contribution in [0.3, 0.4) is 0 Å². The number of rotatable bonds is 13. The van der Waals surface area contributed by atoms with Crippen molar-refractivity contribution in [3.8, 4) is 28.4 Å². The molecule has 198 valence electrons. The van der Waals surface area contributed by atoms with Crippen LogP contribution in [0, 0.1) is 0 Å². The van der Waals surface area contributed by atoms with Gasteiger partial charge in [0.05, 0.1) is 0 Å². The molecule has 8 heteroatoms. The minimum atomic E-state index is -0.499. The Morgan fingerprint density at radius 3 is 1.62 bits per heavy atom. The van der Waals surface area contributed by atoms with E-state index in [0.717, 1.165) is 11.1 Å². The third-order valence-electron chi connectivity index (χ3n) is 4.16. The maximum absolute atomic E-state index is 11.5. The van der Waals surface area contributed by atoms with Crippen LogP contribution in [-0.2, 0) is 23.9 Å². The number of carbonyl (C=O) groups excluding carboxylic acids is 3. The summed E-state index contributed by atoms with van der Waals surface area (Å²) in [7, 11) is 0. The van der Waals surface area contributed by atoms with Crippen molar-refractivity contribution in [3.63, 3.8) is 0 Å². The van der Waals surface area contributed by atoms with Crippen LogP contribution in [0.2, 0.25) is 0 Å². The third-order valence-corrected chi connectivity index (χ3v) is 4.16. The summed E-state index contributed by atoms with van der Waals surface area (Å²) in [5, 5.41) is 0. The van der Waals surface area contributed by atoms with Crippen molar-refractivity contribution in [1.82, 2.24) is 0 Å². The molecule has 37 heavy (non-hydrogen) atoms. The lowest BCUT2D eigenvalue weighted by atomic mass is 10.1. The van der Waals surface area contributed by atoms with Crippen molar-refractivity contribution >= 4 is 18.4 Å². The van der Waals surface area contributed by atoms with E-state index in [1.165, 1.54) is 5.57 Å². The highest BCUT2D eigenvalue weighted by Crippen LogP contribution is 2.33. The van der Waals surface area contributed by atoms with Gasteiger partial charge in [-0.3, -0.25) is 4.79 Å². The number of benzene rings is 2. The molecule has 8 nitrogen and oxygen atoms in total. The number of allylic oxidation sites excluding steroid dienone is 1. The van der Waals surface area contributed by atoms with Crippen molar-refractivity contribution in [1.29, 1.82) is 0 Å². The van der Waals surface area contributed by atoms with Crippen LogP contribution in [0.25, 0.3) is 11.1 Å². The molecule has 0 saturated heterocycles. The molecular weight excluding hydrogens is 476 g/mol. The van der Waals surface area contributed by atoms with Crippen molar-refractivity contribution in [2.24, 2.45) is 0 Å². The zero-order chi connectivity index (χ0) is 27.8. The molecule has 0 aliphatic heterocycles. The second-order valence-electron chi connectivity index (χ2n) is 8.14. The summed E-state index contributed by atoms with van der Waals surface area (Å²) in [6.07, 6.45) is 0. The average Bonchev–Trinajstić information content (AvgIpc) is 2.84. The molecule has 2 aromatic rings. The van der Waals surface area contributed by atoms with Gasteiger partial charge in [-0.05, 0) is 63.1 Å². The van der Waals surface area contributed by atoms with Crippen LogP contribution < -0.4 is 14.2 Å². The van der Waals surface area contributed by atoms with E-state index in [9.17, 15) is 14.4 Å². The number of hydrogen-bond donors (Lipinski definition) is 0. The largest absolute Gasteiger partial charge is 0.486 e. The van der Waals surface area contributed by atoms with Gasteiger partial charge in [0.1, 0.15) is 32.2 Å². The van der Waals surface area contributed by atoms with Gasteiger partial charge in [0.2, 0.25) is 0 Å². The SMILES string of the molecule is C=C(C)C.C=C(C)C(=O)OCCOc1ccc(-c2ccc(OC=O)cc2)cc1OCCOC(=O)C(=C)C. The van der Waals surface area contributed by atoms with E-state index in [1.807, 2.05) is 19.9 Å². The molecule has 0 radical (unpaired) electrons. The van der Waals surface area contributed by atoms with Crippen LogP contribution >= 0.6 is 0 Å². The normalized spacial score (nSPS) is 9.62. The number of carbonyl (C=O) groups is 3. The molecule has 2 rings (SSSR count). The predicted molar refractivity (Wildman–Crippen MR) is 142 cm³/mol. The average molecular weight is 511 g/mol. The first-order valence-electron chi connectivity index (χ1n) is 11.4. The highest BCUT2D eigenvalue weighted by molar-refractivity contribution is 5.87. The van der Waals surface area contributed by atoms with Crippen LogP contribution in [-0.4, -0.2) is 44.8 Å². The zero-order valence-electron chi connectivity index (χ0n) is 21.8. The Morgan fingerprint density at radius 1 is 0.703 bits per heavy atom. The van der Waals surface area contributed by atoms with Gasteiger partial charge in [-0.25, -0.2) is 9.59 Å². The Kier molecular flexibility index (Phi) is 13.6. The Balaban J connectivity index is 0.00000159. The molecule has 2 aromatic carbocycles. The summed E-state index contributed by atoms with van der Waals surface area (Å²) in [6.45, 7) is 18.3. The first kappa shape index (κ1) is 30.7. The summed E-state index contributed by atoms with van der Waals surface area (Å²) in [4.78, 5) is 33.5. The monoisotopic (exact) mass is 510 g/mol. The summed E-state index contributed by atoms with van der Waals surface area (Å²) in [6, 6.07) is 12.3. The molecule has 0 amide bonds. The Bertz CT molecular complexity index is 1100. The van der Waals surface area contributed by atoms with Gasteiger partial charge in [-0.2, -0.15) is 0 Å². The molecule has 0 fully saturated rings. The van der Waals surface area contributed by atoms with Gasteiger partial charge in [-0.1, -0.05) is 36.9 Å². The van der Waals surface area contributed by atoms with E-state index in [4.69, 9.17) is 23.7 Å². The Labute approximate surface area is 218 Å². The molecule has 0 saturated carbocycles. The van der Waals surface area contributed by atoms with Crippen molar-refractivity contribution in [2.45, 2.75) is 27.7 Å². The van der Waals surface area contributed by atoms with E-state index in [1.54, 1.807) is 50.2 Å². The van der Waals surface area contributed by atoms with E-state index >= 15 is 0 Å². The van der Waals surface area contributed by atoms with E-state index < -0.39 is 11.9 Å². The molecule has 0 aliphatic rings. The first-order valence-corrected chi connectivity index (χ1v) is 11.4.